The van der Waals surface area contributed by atoms with Crippen LogP contribution in [0.3, 0.4) is 0 Å². The number of hydrogen-bond acceptors (Lipinski definition) is 2. The lowest BCUT2D eigenvalue weighted by molar-refractivity contribution is 0.222. The molecular formula is C17H36N2. The van der Waals surface area contributed by atoms with Crippen LogP contribution in [0.1, 0.15) is 78.1 Å². The van der Waals surface area contributed by atoms with Gasteiger partial charge in [-0.15, -0.1) is 0 Å². The molecule has 0 bridgehead atoms. The summed E-state index contributed by atoms with van der Waals surface area (Å²) in [5.74, 6) is 0.933. The van der Waals surface area contributed by atoms with Crippen molar-refractivity contribution in [1.29, 1.82) is 0 Å². The predicted octanol–water partition coefficient (Wildman–Crippen LogP) is 4.19. The number of hydrogen-bond donors (Lipinski definition) is 1. The van der Waals surface area contributed by atoms with Gasteiger partial charge in [-0.2, -0.15) is 0 Å². The molecule has 0 amide bonds. The average Bonchev–Trinajstić information content (AvgIpc) is 2.91. The van der Waals surface area contributed by atoms with E-state index in [1.54, 1.807) is 0 Å². The Morgan fingerprint density at radius 1 is 1.05 bits per heavy atom. The van der Waals surface area contributed by atoms with E-state index in [0.29, 0.717) is 6.04 Å². The van der Waals surface area contributed by atoms with Gasteiger partial charge in [0.25, 0.3) is 0 Å². The van der Waals surface area contributed by atoms with Crippen LogP contribution in [0.25, 0.3) is 0 Å². The summed E-state index contributed by atoms with van der Waals surface area (Å²) in [5.41, 5.74) is 5.98. The highest BCUT2D eigenvalue weighted by atomic mass is 15.2. The molecule has 0 aromatic carbocycles. The van der Waals surface area contributed by atoms with Gasteiger partial charge < -0.3 is 5.73 Å². The summed E-state index contributed by atoms with van der Waals surface area (Å²) >= 11 is 0. The van der Waals surface area contributed by atoms with Crippen molar-refractivity contribution in [3.63, 3.8) is 0 Å². The standard InChI is InChI=1S/C17H36N2/c1-3-5-6-7-8-9-10-11-17(14-18)19-13-12-16(4-2)15-19/h16-17H,3-15,18H2,1-2H3. The van der Waals surface area contributed by atoms with Crippen LogP contribution in [0.2, 0.25) is 0 Å². The summed E-state index contributed by atoms with van der Waals surface area (Å²) in [7, 11) is 0. The molecule has 2 heteroatoms. The lowest BCUT2D eigenvalue weighted by atomic mass is 10.0. The van der Waals surface area contributed by atoms with Crippen LogP contribution in [0, 0.1) is 5.92 Å². The van der Waals surface area contributed by atoms with Gasteiger partial charge in [0.2, 0.25) is 0 Å². The lowest BCUT2D eigenvalue weighted by Gasteiger charge is -2.26. The van der Waals surface area contributed by atoms with E-state index in [4.69, 9.17) is 5.73 Å². The van der Waals surface area contributed by atoms with Crippen molar-refractivity contribution in [2.45, 2.75) is 84.1 Å². The Bertz CT molecular complexity index is 205. The van der Waals surface area contributed by atoms with Gasteiger partial charge in [-0.05, 0) is 25.3 Å². The molecule has 114 valence electrons. The van der Waals surface area contributed by atoms with Crippen molar-refractivity contribution in [3.05, 3.63) is 0 Å². The molecule has 1 heterocycles. The van der Waals surface area contributed by atoms with E-state index < -0.39 is 0 Å². The van der Waals surface area contributed by atoms with Crippen LogP contribution in [0.15, 0.2) is 0 Å². The van der Waals surface area contributed by atoms with Crippen molar-refractivity contribution in [3.8, 4) is 0 Å². The van der Waals surface area contributed by atoms with Crippen molar-refractivity contribution in [1.82, 2.24) is 4.90 Å². The van der Waals surface area contributed by atoms with E-state index in [9.17, 15) is 0 Å². The third-order valence-electron chi connectivity index (χ3n) is 4.82. The van der Waals surface area contributed by atoms with Crippen LogP contribution < -0.4 is 5.73 Å². The number of nitrogens with zero attached hydrogens (tertiary/aromatic N) is 1. The molecule has 0 spiro atoms. The maximum Gasteiger partial charge on any atom is 0.0218 e. The molecule has 2 unspecified atom stereocenters. The van der Waals surface area contributed by atoms with Gasteiger partial charge in [-0.1, -0.05) is 65.2 Å². The SMILES string of the molecule is CCCCCCCCCC(CN)N1CCC(CC)C1. The Labute approximate surface area is 121 Å². The van der Waals surface area contributed by atoms with Gasteiger partial charge >= 0.3 is 0 Å². The third kappa shape index (κ3) is 6.76. The molecule has 1 rings (SSSR count). The summed E-state index contributed by atoms with van der Waals surface area (Å²) in [6, 6.07) is 0.659. The van der Waals surface area contributed by atoms with Gasteiger partial charge in [0, 0.05) is 19.1 Å². The molecular weight excluding hydrogens is 232 g/mol. The second-order valence-corrected chi connectivity index (χ2v) is 6.36. The minimum absolute atomic E-state index is 0.659. The molecule has 1 fully saturated rings. The molecule has 2 N–H and O–H groups in total. The minimum atomic E-state index is 0.659. The monoisotopic (exact) mass is 268 g/mol. The van der Waals surface area contributed by atoms with E-state index in [1.807, 2.05) is 0 Å². The topological polar surface area (TPSA) is 29.3 Å². The van der Waals surface area contributed by atoms with Crippen molar-refractivity contribution in [2.24, 2.45) is 11.7 Å². The van der Waals surface area contributed by atoms with Crippen LogP contribution in [-0.4, -0.2) is 30.6 Å². The summed E-state index contributed by atoms with van der Waals surface area (Å²) in [6.45, 7) is 8.05. The molecule has 19 heavy (non-hydrogen) atoms. The van der Waals surface area contributed by atoms with E-state index in [2.05, 4.69) is 18.7 Å². The molecule has 2 nitrogen and oxygen atoms in total. The normalized spacial score (nSPS) is 21.9. The number of nitrogens with two attached hydrogens (primary N) is 1. The van der Waals surface area contributed by atoms with Gasteiger partial charge in [0.15, 0.2) is 0 Å². The van der Waals surface area contributed by atoms with E-state index in [0.717, 1.165) is 12.5 Å². The van der Waals surface area contributed by atoms with Crippen LogP contribution in [-0.2, 0) is 0 Å². The van der Waals surface area contributed by atoms with Crippen molar-refractivity contribution < 1.29 is 0 Å². The zero-order valence-corrected chi connectivity index (χ0v) is 13.4. The summed E-state index contributed by atoms with van der Waals surface area (Å²) in [5, 5.41) is 0. The Balaban J connectivity index is 2.05. The fourth-order valence-corrected chi connectivity index (χ4v) is 3.31. The Morgan fingerprint density at radius 2 is 1.74 bits per heavy atom. The van der Waals surface area contributed by atoms with Gasteiger partial charge in [0.05, 0.1) is 0 Å². The fourth-order valence-electron chi connectivity index (χ4n) is 3.31. The van der Waals surface area contributed by atoms with Gasteiger partial charge in [-0.3, -0.25) is 4.90 Å². The summed E-state index contributed by atoms with van der Waals surface area (Å²) in [6.07, 6.45) is 13.9. The third-order valence-corrected chi connectivity index (χ3v) is 4.82. The number of rotatable bonds is 11. The highest BCUT2D eigenvalue weighted by Crippen LogP contribution is 2.23. The Kier molecular flexibility index (Phi) is 9.54. The van der Waals surface area contributed by atoms with E-state index in [-0.39, 0.29) is 0 Å². The first kappa shape index (κ1) is 17.0. The maximum atomic E-state index is 5.98. The van der Waals surface area contributed by atoms with E-state index >= 15 is 0 Å². The predicted molar refractivity (Wildman–Crippen MR) is 85.4 cm³/mol. The highest BCUT2D eigenvalue weighted by Gasteiger charge is 2.25. The smallest absolute Gasteiger partial charge is 0.0218 e. The molecule has 0 saturated carbocycles. The molecule has 0 radical (unpaired) electrons. The minimum Gasteiger partial charge on any atom is -0.329 e. The molecule has 1 aliphatic rings. The first-order valence-electron chi connectivity index (χ1n) is 8.75. The molecule has 0 aliphatic carbocycles. The van der Waals surface area contributed by atoms with Crippen molar-refractivity contribution in [2.75, 3.05) is 19.6 Å². The number of unbranched alkanes of at least 4 members (excludes halogenated alkanes) is 6. The van der Waals surface area contributed by atoms with Crippen LogP contribution in [0.4, 0.5) is 0 Å². The van der Waals surface area contributed by atoms with Gasteiger partial charge in [0.1, 0.15) is 0 Å². The number of likely N-dealkylation sites (tertiary alicyclic amines) is 1. The zero-order valence-electron chi connectivity index (χ0n) is 13.4. The zero-order chi connectivity index (χ0) is 13.9. The molecule has 2 atom stereocenters. The quantitative estimate of drug-likeness (QED) is 0.569. The first-order chi connectivity index (χ1) is 9.31. The fraction of sp³-hybridized carbons (Fsp3) is 1.00. The molecule has 0 aromatic rings. The maximum absolute atomic E-state index is 5.98. The Hall–Kier alpha value is -0.0800. The van der Waals surface area contributed by atoms with Gasteiger partial charge in [-0.25, -0.2) is 0 Å². The summed E-state index contributed by atoms with van der Waals surface area (Å²) < 4.78 is 0. The molecule has 0 aromatic heterocycles. The average molecular weight is 268 g/mol. The summed E-state index contributed by atoms with van der Waals surface area (Å²) in [4.78, 5) is 2.66. The molecule has 1 aliphatic heterocycles. The molecule has 1 saturated heterocycles. The highest BCUT2D eigenvalue weighted by molar-refractivity contribution is 4.81. The van der Waals surface area contributed by atoms with Crippen LogP contribution in [0.5, 0.6) is 0 Å². The van der Waals surface area contributed by atoms with Crippen molar-refractivity contribution >= 4 is 0 Å². The second-order valence-electron chi connectivity index (χ2n) is 6.36. The second kappa shape index (κ2) is 10.7. The Morgan fingerprint density at radius 3 is 2.32 bits per heavy atom. The van der Waals surface area contributed by atoms with E-state index in [1.165, 1.54) is 77.3 Å². The lowest BCUT2D eigenvalue weighted by Crippen LogP contribution is -2.39. The first-order valence-corrected chi connectivity index (χ1v) is 8.75. The largest absolute Gasteiger partial charge is 0.329 e. The van der Waals surface area contributed by atoms with Crippen LogP contribution >= 0.6 is 0 Å².